The van der Waals surface area contributed by atoms with Crippen LogP contribution in [-0.2, 0) is 16.1 Å². The number of nitrogens with zero attached hydrogens (tertiary/aromatic N) is 2. The molecule has 5 nitrogen and oxygen atoms in total. The van der Waals surface area contributed by atoms with Crippen LogP contribution in [0.25, 0.3) is 10.8 Å². The molecule has 2 fully saturated rings. The van der Waals surface area contributed by atoms with Crippen LogP contribution in [0, 0.1) is 5.92 Å². The van der Waals surface area contributed by atoms with E-state index in [9.17, 15) is 4.79 Å². The molecule has 29 heavy (non-hydrogen) atoms. The zero-order valence-corrected chi connectivity index (χ0v) is 17.3. The monoisotopic (exact) mass is 395 g/mol. The molecule has 156 valence electrons. The molecular formula is C24H33N3O2. The molecule has 4 rings (SSSR count). The third-order valence-electron chi connectivity index (χ3n) is 6.20. The fraction of sp³-hybridized carbons (Fsp3) is 0.542. The molecule has 5 heteroatoms. The van der Waals surface area contributed by atoms with Crippen LogP contribution >= 0.6 is 0 Å². The number of carbonyl (C=O) groups is 1. The lowest BCUT2D eigenvalue weighted by molar-refractivity contribution is -0.126. The Morgan fingerprint density at radius 3 is 2.76 bits per heavy atom. The Balaban J connectivity index is 1.25. The predicted octanol–water partition coefficient (Wildman–Crippen LogP) is 2.89. The van der Waals surface area contributed by atoms with Crippen LogP contribution in [0.2, 0.25) is 0 Å². The number of piperidine rings is 1. The Morgan fingerprint density at radius 1 is 1.03 bits per heavy atom. The molecule has 0 bridgehead atoms. The number of amides is 1. The summed E-state index contributed by atoms with van der Waals surface area (Å²) in [4.78, 5) is 17.6. The normalized spacial score (nSPS) is 21.3. The maximum absolute atomic E-state index is 12.7. The van der Waals surface area contributed by atoms with E-state index >= 15 is 0 Å². The molecule has 2 saturated heterocycles. The SMILES string of the molecule is O=C(NCCCN1CCOCC1)C1CCCN(Cc2cccc3ccccc23)C1. The predicted molar refractivity (Wildman–Crippen MR) is 117 cm³/mol. The molecule has 2 heterocycles. The topological polar surface area (TPSA) is 44.8 Å². The van der Waals surface area contributed by atoms with Gasteiger partial charge in [-0.15, -0.1) is 0 Å². The molecule has 2 aliphatic rings. The number of ether oxygens (including phenoxy) is 1. The summed E-state index contributed by atoms with van der Waals surface area (Å²) in [5.41, 5.74) is 1.36. The van der Waals surface area contributed by atoms with Gasteiger partial charge in [0.15, 0.2) is 0 Å². The number of likely N-dealkylation sites (tertiary alicyclic amines) is 1. The van der Waals surface area contributed by atoms with Gasteiger partial charge in [0.1, 0.15) is 0 Å². The van der Waals surface area contributed by atoms with Crippen LogP contribution in [-0.4, -0.2) is 68.2 Å². The Bertz CT molecular complexity index is 798. The molecule has 2 aromatic carbocycles. The summed E-state index contributed by atoms with van der Waals surface area (Å²) in [5.74, 6) is 0.344. The molecule has 2 aliphatic heterocycles. The fourth-order valence-corrected chi connectivity index (χ4v) is 4.57. The molecule has 0 aromatic heterocycles. The first-order valence-corrected chi connectivity index (χ1v) is 11.1. The molecule has 2 aromatic rings. The highest BCUT2D eigenvalue weighted by atomic mass is 16.5. The minimum Gasteiger partial charge on any atom is -0.379 e. The number of carbonyl (C=O) groups excluding carboxylic acids is 1. The zero-order chi connectivity index (χ0) is 19.9. The third kappa shape index (κ3) is 5.56. The second-order valence-electron chi connectivity index (χ2n) is 8.31. The standard InChI is InChI=1S/C24H33N3O2/c28-24(25-11-5-13-26-14-16-29-17-15-26)22-9-4-12-27(19-22)18-21-8-3-7-20-6-1-2-10-23(20)21/h1-3,6-8,10,22H,4-5,9,11-19H2,(H,25,28). The van der Waals surface area contributed by atoms with Gasteiger partial charge in [0.05, 0.1) is 19.1 Å². The van der Waals surface area contributed by atoms with Crippen molar-refractivity contribution in [3.8, 4) is 0 Å². The van der Waals surface area contributed by atoms with E-state index in [1.54, 1.807) is 0 Å². The Morgan fingerprint density at radius 2 is 1.86 bits per heavy atom. The van der Waals surface area contributed by atoms with Gasteiger partial charge in [-0.1, -0.05) is 42.5 Å². The van der Waals surface area contributed by atoms with E-state index in [0.717, 1.165) is 78.3 Å². The van der Waals surface area contributed by atoms with Gasteiger partial charge in [-0.3, -0.25) is 14.6 Å². The lowest BCUT2D eigenvalue weighted by atomic mass is 9.96. The van der Waals surface area contributed by atoms with Crippen molar-refractivity contribution in [3.05, 3.63) is 48.0 Å². The van der Waals surface area contributed by atoms with Crippen molar-refractivity contribution in [2.24, 2.45) is 5.92 Å². The zero-order valence-electron chi connectivity index (χ0n) is 17.3. The van der Waals surface area contributed by atoms with Crippen molar-refractivity contribution in [2.75, 3.05) is 52.5 Å². The lowest BCUT2D eigenvalue weighted by Gasteiger charge is -2.32. The first kappa shape index (κ1) is 20.3. The number of rotatable bonds is 7. The maximum Gasteiger partial charge on any atom is 0.224 e. The van der Waals surface area contributed by atoms with Gasteiger partial charge in [0.25, 0.3) is 0 Å². The minimum absolute atomic E-state index is 0.113. The van der Waals surface area contributed by atoms with Crippen LogP contribution in [0.1, 0.15) is 24.8 Å². The molecule has 0 aliphatic carbocycles. The lowest BCUT2D eigenvalue weighted by Crippen LogP contribution is -2.43. The van der Waals surface area contributed by atoms with E-state index in [1.165, 1.54) is 16.3 Å². The summed E-state index contributed by atoms with van der Waals surface area (Å²) in [6.45, 7) is 8.36. The van der Waals surface area contributed by atoms with Gasteiger partial charge >= 0.3 is 0 Å². The Labute approximate surface area is 174 Å². The third-order valence-corrected chi connectivity index (χ3v) is 6.20. The molecule has 1 N–H and O–H groups in total. The Kier molecular flexibility index (Phi) is 7.14. The number of hydrogen-bond acceptors (Lipinski definition) is 4. The summed E-state index contributed by atoms with van der Waals surface area (Å²) >= 11 is 0. The van der Waals surface area contributed by atoms with Crippen molar-refractivity contribution < 1.29 is 9.53 Å². The van der Waals surface area contributed by atoms with Crippen molar-refractivity contribution in [1.29, 1.82) is 0 Å². The fourth-order valence-electron chi connectivity index (χ4n) is 4.57. The van der Waals surface area contributed by atoms with Gasteiger partial charge in [-0.25, -0.2) is 0 Å². The number of benzene rings is 2. The number of fused-ring (bicyclic) bond motifs is 1. The van der Waals surface area contributed by atoms with Crippen molar-refractivity contribution in [3.63, 3.8) is 0 Å². The maximum atomic E-state index is 12.7. The molecule has 1 unspecified atom stereocenters. The highest BCUT2D eigenvalue weighted by Crippen LogP contribution is 2.23. The van der Waals surface area contributed by atoms with E-state index in [-0.39, 0.29) is 11.8 Å². The van der Waals surface area contributed by atoms with E-state index < -0.39 is 0 Å². The molecular weight excluding hydrogens is 362 g/mol. The van der Waals surface area contributed by atoms with E-state index in [2.05, 4.69) is 57.6 Å². The summed E-state index contributed by atoms with van der Waals surface area (Å²) in [5, 5.41) is 5.79. The molecule has 1 amide bonds. The average Bonchev–Trinajstić information content (AvgIpc) is 2.78. The number of hydrogen-bond donors (Lipinski definition) is 1. The van der Waals surface area contributed by atoms with Gasteiger partial charge in [0, 0.05) is 32.7 Å². The van der Waals surface area contributed by atoms with Crippen LogP contribution in [0.5, 0.6) is 0 Å². The summed E-state index contributed by atoms with van der Waals surface area (Å²) in [6.07, 6.45) is 3.11. The van der Waals surface area contributed by atoms with Gasteiger partial charge < -0.3 is 10.1 Å². The van der Waals surface area contributed by atoms with E-state index in [4.69, 9.17) is 4.74 Å². The van der Waals surface area contributed by atoms with Crippen molar-refractivity contribution >= 4 is 16.7 Å². The first-order valence-electron chi connectivity index (χ1n) is 11.1. The molecule has 0 saturated carbocycles. The smallest absolute Gasteiger partial charge is 0.224 e. The van der Waals surface area contributed by atoms with E-state index in [0.29, 0.717) is 0 Å². The minimum atomic E-state index is 0.113. The average molecular weight is 396 g/mol. The molecule has 0 spiro atoms. The van der Waals surface area contributed by atoms with Crippen LogP contribution in [0.3, 0.4) is 0 Å². The largest absolute Gasteiger partial charge is 0.379 e. The number of morpholine rings is 1. The Hall–Kier alpha value is -1.95. The second kappa shape index (κ2) is 10.2. The second-order valence-corrected chi connectivity index (χ2v) is 8.31. The van der Waals surface area contributed by atoms with Crippen LogP contribution < -0.4 is 5.32 Å². The summed E-state index contributed by atoms with van der Waals surface area (Å²) in [7, 11) is 0. The van der Waals surface area contributed by atoms with Crippen molar-refractivity contribution in [1.82, 2.24) is 15.1 Å². The van der Waals surface area contributed by atoms with Crippen LogP contribution in [0.4, 0.5) is 0 Å². The van der Waals surface area contributed by atoms with Crippen LogP contribution in [0.15, 0.2) is 42.5 Å². The quantitative estimate of drug-likeness (QED) is 0.733. The first-order chi connectivity index (χ1) is 14.3. The highest BCUT2D eigenvalue weighted by Gasteiger charge is 2.25. The summed E-state index contributed by atoms with van der Waals surface area (Å²) in [6, 6.07) is 15.1. The molecule has 0 radical (unpaired) electrons. The van der Waals surface area contributed by atoms with E-state index in [1.807, 2.05) is 0 Å². The van der Waals surface area contributed by atoms with Gasteiger partial charge in [-0.05, 0) is 48.7 Å². The highest BCUT2D eigenvalue weighted by molar-refractivity contribution is 5.85. The number of nitrogens with one attached hydrogen (secondary N) is 1. The molecule has 1 atom stereocenters. The van der Waals surface area contributed by atoms with Gasteiger partial charge in [0.2, 0.25) is 5.91 Å². The van der Waals surface area contributed by atoms with Gasteiger partial charge in [-0.2, -0.15) is 0 Å². The summed E-state index contributed by atoms with van der Waals surface area (Å²) < 4.78 is 5.38. The van der Waals surface area contributed by atoms with Crippen molar-refractivity contribution in [2.45, 2.75) is 25.8 Å².